The summed E-state index contributed by atoms with van der Waals surface area (Å²) in [6.45, 7) is 6.05. The second-order valence-corrected chi connectivity index (χ2v) is 8.73. The molecule has 0 aliphatic carbocycles. The molecule has 31 heavy (non-hydrogen) atoms. The number of furan rings is 1. The van der Waals surface area contributed by atoms with E-state index in [0.717, 1.165) is 5.56 Å². The molecule has 1 aliphatic heterocycles. The van der Waals surface area contributed by atoms with E-state index in [4.69, 9.17) is 14.3 Å². The average Bonchev–Trinajstić information content (AvgIpc) is 3.31. The Labute approximate surface area is 180 Å². The van der Waals surface area contributed by atoms with Crippen LogP contribution in [0.4, 0.5) is 5.69 Å². The molecule has 0 radical (unpaired) electrons. The summed E-state index contributed by atoms with van der Waals surface area (Å²) in [6.07, 6.45) is -0.314. The Morgan fingerprint density at radius 1 is 1.29 bits per heavy atom. The number of carboxylic acids is 1. The van der Waals surface area contributed by atoms with Crippen LogP contribution in [0.1, 0.15) is 55.2 Å². The van der Waals surface area contributed by atoms with Crippen LogP contribution >= 0.6 is 0 Å². The maximum atomic E-state index is 12.8. The Hall–Kier alpha value is -3.15. The number of amides is 1. The third-order valence-corrected chi connectivity index (χ3v) is 5.30. The number of nitriles is 1. The van der Waals surface area contributed by atoms with Crippen molar-refractivity contribution in [3.8, 4) is 6.07 Å². The number of carbonyl (C=O) groups excluding carboxylic acids is 1. The van der Waals surface area contributed by atoms with Crippen LogP contribution in [0.2, 0.25) is 0 Å². The number of ether oxygens (including phenoxy) is 1. The number of hydrogen-bond donors (Lipinski definition) is 2. The van der Waals surface area contributed by atoms with Crippen LogP contribution in [0, 0.1) is 22.7 Å². The predicted octanol–water partition coefficient (Wildman–Crippen LogP) is 3.52. The summed E-state index contributed by atoms with van der Waals surface area (Å²) in [6, 6.07) is 11.7. The summed E-state index contributed by atoms with van der Waals surface area (Å²) in [5, 5.41) is 28.7. The SMILES string of the molecule is CC(C)(C)C(O)c1ccc(N2C(=O)C(C#N)CC2COCc2ccc(C(=O)O)o2)cc1. The van der Waals surface area contributed by atoms with Crippen molar-refractivity contribution in [1.82, 2.24) is 0 Å². The van der Waals surface area contributed by atoms with E-state index >= 15 is 0 Å². The van der Waals surface area contributed by atoms with E-state index < -0.39 is 18.0 Å². The van der Waals surface area contributed by atoms with Crippen molar-refractivity contribution in [3.05, 3.63) is 53.5 Å². The monoisotopic (exact) mass is 426 g/mol. The van der Waals surface area contributed by atoms with E-state index in [1.54, 1.807) is 29.2 Å². The van der Waals surface area contributed by atoms with Crippen molar-refractivity contribution in [1.29, 1.82) is 5.26 Å². The van der Waals surface area contributed by atoms with Crippen LogP contribution in [0.25, 0.3) is 0 Å². The number of carbonyl (C=O) groups is 2. The zero-order valence-electron chi connectivity index (χ0n) is 17.7. The fourth-order valence-electron chi connectivity index (χ4n) is 3.60. The van der Waals surface area contributed by atoms with E-state index in [-0.39, 0.29) is 36.3 Å². The van der Waals surface area contributed by atoms with Gasteiger partial charge in [0.25, 0.3) is 0 Å². The first-order valence-corrected chi connectivity index (χ1v) is 10.0. The highest BCUT2D eigenvalue weighted by Gasteiger charge is 2.40. The molecule has 0 spiro atoms. The van der Waals surface area contributed by atoms with Gasteiger partial charge in [0.15, 0.2) is 0 Å². The summed E-state index contributed by atoms with van der Waals surface area (Å²) in [5.41, 5.74) is 1.06. The number of anilines is 1. The molecule has 1 saturated heterocycles. The number of benzene rings is 1. The highest BCUT2D eigenvalue weighted by molar-refractivity contribution is 5.99. The van der Waals surface area contributed by atoms with Crippen LogP contribution in [0.5, 0.6) is 0 Å². The van der Waals surface area contributed by atoms with Crippen LogP contribution in [0.15, 0.2) is 40.8 Å². The topological polar surface area (TPSA) is 124 Å². The molecule has 8 heteroatoms. The summed E-state index contributed by atoms with van der Waals surface area (Å²) < 4.78 is 10.8. The lowest BCUT2D eigenvalue weighted by molar-refractivity contribution is -0.119. The van der Waals surface area contributed by atoms with E-state index in [0.29, 0.717) is 17.9 Å². The Balaban J connectivity index is 1.71. The molecule has 2 heterocycles. The van der Waals surface area contributed by atoms with E-state index in [1.807, 2.05) is 26.8 Å². The Morgan fingerprint density at radius 2 is 1.97 bits per heavy atom. The molecule has 0 bridgehead atoms. The zero-order chi connectivity index (χ0) is 22.8. The Bertz CT molecular complexity index is 983. The fraction of sp³-hybridized carbons (Fsp3) is 0.435. The molecule has 1 aromatic heterocycles. The van der Waals surface area contributed by atoms with Gasteiger partial charge in [-0.05, 0) is 41.7 Å². The number of aromatic carboxylic acids is 1. The van der Waals surface area contributed by atoms with Gasteiger partial charge in [-0.1, -0.05) is 32.9 Å². The van der Waals surface area contributed by atoms with Gasteiger partial charge in [0.2, 0.25) is 11.7 Å². The second-order valence-electron chi connectivity index (χ2n) is 8.73. The molecule has 3 rings (SSSR count). The molecule has 2 aromatic rings. The standard InChI is InChI=1S/C23H26N2O6/c1-23(2,3)20(26)14-4-6-16(7-5-14)25-17(10-15(11-24)21(25)27)12-30-13-18-8-9-19(31-18)22(28)29/h4-9,15,17,20,26H,10,12-13H2,1-3H3,(H,28,29). The van der Waals surface area contributed by atoms with Gasteiger partial charge in [0.05, 0.1) is 24.8 Å². The summed E-state index contributed by atoms with van der Waals surface area (Å²) in [7, 11) is 0. The van der Waals surface area contributed by atoms with Crippen LogP contribution in [-0.4, -0.2) is 34.7 Å². The number of nitrogens with zero attached hydrogens (tertiary/aromatic N) is 2. The molecule has 1 amide bonds. The van der Waals surface area contributed by atoms with E-state index in [1.165, 1.54) is 12.1 Å². The highest BCUT2D eigenvalue weighted by atomic mass is 16.5. The fourth-order valence-corrected chi connectivity index (χ4v) is 3.60. The lowest BCUT2D eigenvalue weighted by Crippen LogP contribution is -2.36. The molecule has 1 aliphatic rings. The first-order chi connectivity index (χ1) is 14.6. The molecule has 1 aromatic carbocycles. The quantitative estimate of drug-likeness (QED) is 0.694. The minimum Gasteiger partial charge on any atom is -0.475 e. The minimum atomic E-state index is -1.16. The lowest BCUT2D eigenvalue weighted by Gasteiger charge is -2.28. The number of rotatable bonds is 7. The van der Waals surface area contributed by atoms with Gasteiger partial charge in [0.1, 0.15) is 18.3 Å². The van der Waals surface area contributed by atoms with E-state index in [2.05, 4.69) is 0 Å². The van der Waals surface area contributed by atoms with Gasteiger partial charge >= 0.3 is 5.97 Å². The zero-order valence-corrected chi connectivity index (χ0v) is 17.7. The summed E-state index contributed by atoms with van der Waals surface area (Å²) >= 11 is 0. The van der Waals surface area contributed by atoms with Crippen LogP contribution < -0.4 is 4.90 Å². The van der Waals surface area contributed by atoms with Gasteiger partial charge in [-0.2, -0.15) is 5.26 Å². The van der Waals surface area contributed by atoms with Crippen molar-refractivity contribution < 1.29 is 29.0 Å². The van der Waals surface area contributed by atoms with Gasteiger partial charge in [-0.25, -0.2) is 4.79 Å². The van der Waals surface area contributed by atoms with Gasteiger partial charge < -0.3 is 24.3 Å². The maximum absolute atomic E-state index is 12.8. The number of carboxylic acid groups (broad SMARTS) is 1. The van der Waals surface area contributed by atoms with E-state index in [9.17, 15) is 20.0 Å². The predicted molar refractivity (Wildman–Crippen MR) is 111 cm³/mol. The molecular weight excluding hydrogens is 400 g/mol. The molecule has 2 N–H and O–H groups in total. The first-order valence-electron chi connectivity index (χ1n) is 10.0. The van der Waals surface area contributed by atoms with Crippen molar-refractivity contribution in [2.75, 3.05) is 11.5 Å². The molecule has 8 nitrogen and oxygen atoms in total. The third-order valence-electron chi connectivity index (χ3n) is 5.30. The third kappa shape index (κ3) is 4.95. The summed E-state index contributed by atoms with van der Waals surface area (Å²) in [5.74, 6) is -2.00. The Morgan fingerprint density at radius 3 is 2.52 bits per heavy atom. The summed E-state index contributed by atoms with van der Waals surface area (Å²) in [4.78, 5) is 25.2. The average molecular weight is 426 g/mol. The second kappa shape index (κ2) is 8.92. The van der Waals surface area contributed by atoms with Gasteiger partial charge in [-0.3, -0.25) is 4.79 Å². The van der Waals surface area contributed by atoms with Crippen molar-refractivity contribution in [3.63, 3.8) is 0 Å². The highest BCUT2D eigenvalue weighted by Crippen LogP contribution is 2.35. The molecule has 0 saturated carbocycles. The van der Waals surface area contributed by atoms with Gasteiger partial charge in [-0.15, -0.1) is 0 Å². The molecule has 3 unspecified atom stereocenters. The molecule has 164 valence electrons. The van der Waals surface area contributed by atoms with Gasteiger partial charge in [0, 0.05) is 5.69 Å². The number of aliphatic hydroxyl groups is 1. The number of aliphatic hydroxyl groups excluding tert-OH is 1. The normalized spacial score (nSPS) is 20.0. The van der Waals surface area contributed by atoms with Crippen LogP contribution in [0.3, 0.4) is 0 Å². The first kappa shape index (κ1) is 22.5. The number of hydrogen-bond acceptors (Lipinski definition) is 6. The van der Waals surface area contributed by atoms with Crippen molar-refractivity contribution >= 4 is 17.6 Å². The molecule has 1 fully saturated rings. The largest absolute Gasteiger partial charge is 0.475 e. The van der Waals surface area contributed by atoms with Crippen LogP contribution in [-0.2, 0) is 16.1 Å². The molecular formula is C23H26N2O6. The Kier molecular flexibility index (Phi) is 6.48. The maximum Gasteiger partial charge on any atom is 0.371 e. The molecule has 3 atom stereocenters. The van der Waals surface area contributed by atoms with Crippen molar-refractivity contribution in [2.45, 2.75) is 45.9 Å². The smallest absolute Gasteiger partial charge is 0.371 e. The minimum absolute atomic E-state index is 0.0553. The lowest BCUT2D eigenvalue weighted by atomic mass is 9.85. The van der Waals surface area contributed by atoms with Crippen molar-refractivity contribution in [2.24, 2.45) is 11.3 Å².